The molecular formula is C30H23FN2O4. The molecule has 0 aliphatic carbocycles. The summed E-state index contributed by atoms with van der Waals surface area (Å²) < 4.78 is 19.0. The molecule has 1 aliphatic heterocycles. The van der Waals surface area contributed by atoms with Gasteiger partial charge in [0.25, 0.3) is 0 Å². The second-order valence-corrected chi connectivity index (χ2v) is 8.89. The summed E-state index contributed by atoms with van der Waals surface area (Å²) >= 11 is 0. The summed E-state index contributed by atoms with van der Waals surface area (Å²) in [6.45, 7) is 0.442. The molecule has 0 saturated heterocycles. The van der Waals surface area contributed by atoms with Gasteiger partial charge in [-0.15, -0.1) is 0 Å². The third-order valence-corrected chi connectivity index (χ3v) is 6.47. The Balaban J connectivity index is 1.39. The predicted octanol–water partition coefficient (Wildman–Crippen LogP) is 4.87. The monoisotopic (exact) mass is 494 g/mol. The van der Waals surface area contributed by atoms with Gasteiger partial charge in [-0.2, -0.15) is 0 Å². The fourth-order valence-corrected chi connectivity index (χ4v) is 4.46. The first kappa shape index (κ1) is 24.2. The van der Waals surface area contributed by atoms with Gasteiger partial charge in [-0.3, -0.25) is 14.6 Å². The summed E-state index contributed by atoms with van der Waals surface area (Å²) in [5, 5.41) is 0. The number of Topliss-reactive ketones (excluding diaryl/α,β-unsaturated/α-hetero) is 2. The number of nitrogens with two attached hydrogens (primary N) is 1. The Morgan fingerprint density at radius 1 is 0.892 bits per heavy atom. The van der Waals surface area contributed by atoms with Crippen molar-refractivity contribution in [3.8, 4) is 11.1 Å². The minimum atomic E-state index is -0.519. The molecule has 1 aliphatic rings. The van der Waals surface area contributed by atoms with Gasteiger partial charge in [0.05, 0.1) is 11.8 Å². The standard InChI is InChI=1S/C30H23FN2O4/c31-27-16-33-9-8-20(27)14-29(35)22-4-5-23(15-32)26(13-22)19-3-1-2-18(10-19)11-28(34)21-6-7-25-24(12-21)17-37-30(25)36/h1-10,12-13,16H,11,14-15,17,32H2. The van der Waals surface area contributed by atoms with Crippen molar-refractivity contribution in [2.75, 3.05) is 0 Å². The number of hydrogen-bond donors (Lipinski definition) is 1. The fraction of sp³-hybridized carbons (Fsp3) is 0.133. The Labute approximate surface area is 212 Å². The number of benzene rings is 3. The minimum Gasteiger partial charge on any atom is -0.457 e. The van der Waals surface area contributed by atoms with Crippen LogP contribution in [0, 0.1) is 5.82 Å². The molecule has 0 bridgehead atoms. The van der Waals surface area contributed by atoms with Crippen molar-refractivity contribution in [1.82, 2.24) is 4.98 Å². The molecule has 0 amide bonds. The van der Waals surface area contributed by atoms with Crippen LogP contribution in [0.2, 0.25) is 0 Å². The maximum absolute atomic E-state index is 14.0. The van der Waals surface area contributed by atoms with Crippen LogP contribution in [0.5, 0.6) is 0 Å². The SMILES string of the molecule is NCc1ccc(C(=O)Cc2ccncc2F)cc1-c1cccc(CC(=O)c2ccc3c(c2)COC3=O)c1. The molecule has 0 spiro atoms. The Hall–Kier alpha value is -4.49. The topological polar surface area (TPSA) is 99.4 Å². The van der Waals surface area contributed by atoms with Gasteiger partial charge in [-0.25, -0.2) is 9.18 Å². The minimum absolute atomic E-state index is 0.0816. The molecule has 0 radical (unpaired) electrons. The molecule has 0 unspecified atom stereocenters. The first-order valence-electron chi connectivity index (χ1n) is 11.8. The van der Waals surface area contributed by atoms with Gasteiger partial charge in [0, 0.05) is 42.3 Å². The smallest absolute Gasteiger partial charge is 0.338 e. The number of pyridine rings is 1. The number of halogens is 1. The number of rotatable bonds is 8. The molecule has 2 N–H and O–H groups in total. The van der Waals surface area contributed by atoms with Crippen molar-refractivity contribution in [3.05, 3.63) is 124 Å². The van der Waals surface area contributed by atoms with Crippen LogP contribution in [-0.2, 0) is 30.7 Å². The maximum Gasteiger partial charge on any atom is 0.338 e. The Morgan fingerprint density at radius 3 is 2.49 bits per heavy atom. The van der Waals surface area contributed by atoms with Crippen LogP contribution in [-0.4, -0.2) is 22.5 Å². The summed E-state index contributed by atoms with van der Waals surface area (Å²) in [4.78, 5) is 41.3. The molecule has 184 valence electrons. The predicted molar refractivity (Wildman–Crippen MR) is 136 cm³/mol. The molecule has 3 aromatic carbocycles. The molecule has 2 heterocycles. The zero-order valence-corrected chi connectivity index (χ0v) is 19.9. The van der Waals surface area contributed by atoms with Crippen LogP contribution >= 0.6 is 0 Å². The Morgan fingerprint density at radius 2 is 1.68 bits per heavy atom. The molecule has 5 rings (SSSR count). The van der Waals surface area contributed by atoms with Gasteiger partial charge in [-0.05, 0) is 52.1 Å². The molecule has 0 saturated carbocycles. The highest BCUT2D eigenvalue weighted by Gasteiger charge is 2.22. The van der Waals surface area contributed by atoms with Gasteiger partial charge < -0.3 is 10.5 Å². The molecule has 0 atom stereocenters. The number of esters is 1. The van der Waals surface area contributed by atoms with Crippen molar-refractivity contribution in [2.45, 2.75) is 26.0 Å². The van der Waals surface area contributed by atoms with Crippen LogP contribution in [0.25, 0.3) is 11.1 Å². The van der Waals surface area contributed by atoms with Crippen molar-refractivity contribution in [1.29, 1.82) is 0 Å². The number of fused-ring (bicyclic) bond motifs is 1. The lowest BCUT2D eigenvalue weighted by atomic mass is 9.92. The third-order valence-electron chi connectivity index (χ3n) is 6.47. The van der Waals surface area contributed by atoms with E-state index in [1.807, 2.05) is 24.3 Å². The average Bonchev–Trinajstić information content (AvgIpc) is 3.29. The van der Waals surface area contributed by atoms with E-state index in [0.29, 0.717) is 22.3 Å². The third kappa shape index (κ3) is 5.08. The lowest BCUT2D eigenvalue weighted by Gasteiger charge is -2.12. The van der Waals surface area contributed by atoms with E-state index in [-0.39, 0.29) is 49.1 Å². The maximum atomic E-state index is 14.0. The van der Waals surface area contributed by atoms with Gasteiger partial charge in [0.15, 0.2) is 11.6 Å². The van der Waals surface area contributed by atoms with Crippen molar-refractivity contribution in [3.63, 3.8) is 0 Å². The Kier molecular flexibility index (Phi) is 6.70. The number of carbonyl (C=O) groups excluding carboxylic acids is 3. The summed E-state index contributed by atoms with van der Waals surface area (Å²) in [6.07, 6.45) is 2.63. The first-order valence-corrected chi connectivity index (χ1v) is 11.8. The lowest BCUT2D eigenvalue weighted by Crippen LogP contribution is -2.08. The summed E-state index contributed by atoms with van der Waals surface area (Å²) in [7, 11) is 0. The normalized spacial score (nSPS) is 12.2. The van der Waals surface area contributed by atoms with Crippen LogP contribution in [0.1, 0.15) is 53.3 Å². The van der Waals surface area contributed by atoms with E-state index in [9.17, 15) is 18.8 Å². The highest BCUT2D eigenvalue weighted by molar-refractivity contribution is 6.01. The summed E-state index contributed by atoms with van der Waals surface area (Å²) in [5.74, 6) is -1.19. The molecule has 4 aromatic rings. The largest absolute Gasteiger partial charge is 0.457 e. The number of ether oxygens (including phenoxy) is 1. The van der Waals surface area contributed by atoms with E-state index in [2.05, 4.69) is 4.98 Å². The molecule has 1 aromatic heterocycles. The van der Waals surface area contributed by atoms with Gasteiger partial charge >= 0.3 is 5.97 Å². The van der Waals surface area contributed by atoms with E-state index in [1.54, 1.807) is 36.4 Å². The second-order valence-electron chi connectivity index (χ2n) is 8.89. The van der Waals surface area contributed by atoms with Crippen molar-refractivity contribution < 1.29 is 23.5 Å². The van der Waals surface area contributed by atoms with Crippen molar-refractivity contribution in [2.24, 2.45) is 5.73 Å². The zero-order chi connectivity index (χ0) is 25.9. The highest BCUT2D eigenvalue weighted by Crippen LogP contribution is 2.28. The van der Waals surface area contributed by atoms with E-state index >= 15 is 0 Å². The number of ketones is 2. The number of hydrogen-bond acceptors (Lipinski definition) is 6. The fourth-order valence-electron chi connectivity index (χ4n) is 4.46. The van der Waals surface area contributed by atoms with Gasteiger partial charge in [0.2, 0.25) is 0 Å². The Bertz CT molecular complexity index is 1550. The lowest BCUT2D eigenvalue weighted by molar-refractivity contribution is 0.0535. The number of cyclic esters (lactones) is 1. The number of nitrogens with zero attached hydrogens (tertiary/aromatic N) is 1. The van der Waals surface area contributed by atoms with Crippen LogP contribution in [0.4, 0.5) is 4.39 Å². The van der Waals surface area contributed by atoms with E-state index < -0.39 is 5.82 Å². The molecule has 0 fully saturated rings. The summed E-state index contributed by atoms with van der Waals surface area (Å²) in [5.41, 5.74) is 11.7. The van der Waals surface area contributed by atoms with Crippen LogP contribution in [0.3, 0.4) is 0 Å². The van der Waals surface area contributed by atoms with Gasteiger partial charge in [-0.1, -0.05) is 42.5 Å². The number of carbonyl (C=O) groups is 3. The van der Waals surface area contributed by atoms with Crippen LogP contribution in [0.15, 0.2) is 79.1 Å². The quantitative estimate of drug-likeness (QED) is 0.277. The van der Waals surface area contributed by atoms with Crippen molar-refractivity contribution >= 4 is 17.5 Å². The van der Waals surface area contributed by atoms with E-state index in [4.69, 9.17) is 10.5 Å². The molecular weight excluding hydrogens is 471 g/mol. The molecule has 7 heteroatoms. The highest BCUT2D eigenvalue weighted by atomic mass is 19.1. The molecule has 37 heavy (non-hydrogen) atoms. The van der Waals surface area contributed by atoms with E-state index in [1.165, 1.54) is 12.3 Å². The van der Waals surface area contributed by atoms with Gasteiger partial charge in [0.1, 0.15) is 12.4 Å². The number of aromatic nitrogens is 1. The first-order chi connectivity index (χ1) is 17.9. The zero-order valence-electron chi connectivity index (χ0n) is 19.9. The second kappa shape index (κ2) is 10.2. The van der Waals surface area contributed by atoms with E-state index in [0.717, 1.165) is 28.5 Å². The average molecular weight is 495 g/mol. The molecule has 6 nitrogen and oxygen atoms in total. The summed E-state index contributed by atoms with van der Waals surface area (Å²) in [6, 6.07) is 19.3. The van der Waals surface area contributed by atoms with Crippen LogP contribution < -0.4 is 5.73 Å².